The van der Waals surface area contributed by atoms with Crippen LogP contribution in [0, 0.1) is 6.92 Å². The van der Waals surface area contributed by atoms with Crippen LogP contribution in [0.2, 0.25) is 0 Å². The zero-order valence-electron chi connectivity index (χ0n) is 12.0. The molecule has 0 bridgehead atoms. The molecule has 21 heavy (non-hydrogen) atoms. The number of aryl methyl sites for hydroxylation is 1. The van der Waals surface area contributed by atoms with Gasteiger partial charge in [0.05, 0.1) is 11.0 Å². The third kappa shape index (κ3) is 1.82. The Morgan fingerprint density at radius 3 is 2.81 bits per heavy atom. The molecular formula is C18H17N3. The van der Waals surface area contributed by atoms with Gasteiger partial charge in [-0.2, -0.15) is 0 Å². The molecule has 2 aromatic carbocycles. The molecule has 2 heterocycles. The Hall–Kier alpha value is -2.39. The largest absolute Gasteiger partial charge is 0.352 e. The Labute approximate surface area is 123 Å². The van der Waals surface area contributed by atoms with Crippen molar-refractivity contribution in [1.82, 2.24) is 9.55 Å². The second-order valence-corrected chi connectivity index (χ2v) is 5.50. The summed E-state index contributed by atoms with van der Waals surface area (Å²) in [6.07, 6.45) is 4.28. The maximum absolute atomic E-state index is 5.66. The maximum atomic E-state index is 5.66. The highest BCUT2D eigenvalue weighted by molar-refractivity contribution is 6.14. The normalized spacial score (nSPS) is 11.7. The summed E-state index contributed by atoms with van der Waals surface area (Å²) >= 11 is 0. The van der Waals surface area contributed by atoms with Gasteiger partial charge in [-0.1, -0.05) is 18.2 Å². The van der Waals surface area contributed by atoms with E-state index in [1.165, 1.54) is 27.1 Å². The van der Waals surface area contributed by atoms with Gasteiger partial charge in [0.2, 0.25) is 0 Å². The van der Waals surface area contributed by atoms with Crippen molar-refractivity contribution in [3.63, 3.8) is 0 Å². The van der Waals surface area contributed by atoms with E-state index in [1.54, 1.807) is 0 Å². The third-order valence-electron chi connectivity index (χ3n) is 4.18. The predicted octanol–water partition coefficient (Wildman–Crippen LogP) is 3.61. The summed E-state index contributed by atoms with van der Waals surface area (Å²) < 4.78 is 2.15. The summed E-state index contributed by atoms with van der Waals surface area (Å²) in [5, 5.41) is 5.01. The number of rotatable bonds is 2. The molecular weight excluding hydrogens is 258 g/mol. The molecule has 0 fully saturated rings. The lowest BCUT2D eigenvalue weighted by molar-refractivity contribution is 0.707. The van der Waals surface area contributed by atoms with Gasteiger partial charge in [-0.05, 0) is 36.1 Å². The quantitative estimate of drug-likeness (QED) is 0.607. The molecule has 0 aliphatic heterocycles. The van der Waals surface area contributed by atoms with Gasteiger partial charge in [-0.15, -0.1) is 0 Å². The lowest BCUT2D eigenvalue weighted by Gasteiger charge is -2.09. The van der Waals surface area contributed by atoms with Crippen LogP contribution in [-0.4, -0.2) is 16.1 Å². The molecule has 4 aromatic rings. The van der Waals surface area contributed by atoms with Gasteiger partial charge in [-0.3, -0.25) is 0 Å². The van der Waals surface area contributed by atoms with Gasteiger partial charge in [0, 0.05) is 41.6 Å². The zero-order chi connectivity index (χ0) is 14.4. The van der Waals surface area contributed by atoms with E-state index in [4.69, 9.17) is 10.7 Å². The highest BCUT2D eigenvalue weighted by Crippen LogP contribution is 2.33. The average Bonchev–Trinajstić information content (AvgIpc) is 2.87. The van der Waals surface area contributed by atoms with Crippen molar-refractivity contribution in [3.05, 3.63) is 54.4 Å². The first-order valence-corrected chi connectivity index (χ1v) is 7.25. The van der Waals surface area contributed by atoms with E-state index in [0.29, 0.717) is 6.54 Å². The molecule has 0 unspecified atom stereocenters. The van der Waals surface area contributed by atoms with Gasteiger partial charge in [0.15, 0.2) is 0 Å². The van der Waals surface area contributed by atoms with E-state index >= 15 is 0 Å². The van der Waals surface area contributed by atoms with E-state index in [2.05, 4.69) is 54.2 Å². The fourth-order valence-electron chi connectivity index (χ4n) is 3.16. The van der Waals surface area contributed by atoms with Crippen LogP contribution in [0.15, 0.2) is 48.8 Å². The fraction of sp³-hybridized carbons (Fsp3) is 0.167. The second-order valence-electron chi connectivity index (χ2n) is 5.50. The first-order valence-electron chi connectivity index (χ1n) is 7.25. The van der Waals surface area contributed by atoms with E-state index in [1.807, 2.05) is 6.07 Å². The number of pyridine rings is 1. The van der Waals surface area contributed by atoms with Crippen molar-refractivity contribution < 1.29 is 0 Å². The van der Waals surface area contributed by atoms with Crippen LogP contribution >= 0.6 is 0 Å². The minimum atomic E-state index is 0.651. The van der Waals surface area contributed by atoms with E-state index in [9.17, 15) is 0 Å². The molecule has 3 heteroatoms. The van der Waals surface area contributed by atoms with Crippen molar-refractivity contribution in [2.75, 3.05) is 6.54 Å². The molecule has 0 saturated carbocycles. The molecule has 0 amide bonds. The molecule has 3 nitrogen and oxygen atoms in total. The predicted molar refractivity (Wildman–Crippen MR) is 88.5 cm³/mol. The number of fused-ring (bicyclic) bond motifs is 4. The number of benzene rings is 2. The minimum absolute atomic E-state index is 0.651. The maximum Gasteiger partial charge on any atom is 0.0725 e. The van der Waals surface area contributed by atoms with Crippen molar-refractivity contribution >= 4 is 32.6 Å². The number of hydrogen-bond acceptors (Lipinski definition) is 2. The summed E-state index contributed by atoms with van der Waals surface area (Å²) in [7, 11) is 0. The van der Waals surface area contributed by atoms with Crippen molar-refractivity contribution in [2.45, 2.75) is 13.5 Å². The van der Waals surface area contributed by atoms with Gasteiger partial charge in [0.1, 0.15) is 0 Å². The van der Waals surface area contributed by atoms with Crippen molar-refractivity contribution in [1.29, 1.82) is 0 Å². The van der Waals surface area contributed by atoms with Crippen LogP contribution in [0.5, 0.6) is 0 Å². The SMILES string of the molecule is Cc1c2cn(CCN)ccc2cc2nc3ccccc3c12. The molecule has 0 spiro atoms. The highest BCUT2D eigenvalue weighted by Gasteiger charge is 2.11. The lowest BCUT2D eigenvalue weighted by atomic mass is 10.0. The summed E-state index contributed by atoms with van der Waals surface area (Å²) in [5.41, 5.74) is 9.11. The molecule has 0 radical (unpaired) electrons. The fourth-order valence-corrected chi connectivity index (χ4v) is 3.16. The van der Waals surface area contributed by atoms with Crippen LogP contribution in [0.25, 0.3) is 32.6 Å². The molecule has 0 atom stereocenters. The molecule has 0 saturated heterocycles. The topological polar surface area (TPSA) is 43.8 Å². The number of aromatic nitrogens is 2. The number of nitrogens with two attached hydrogens (primary N) is 1. The minimum Gasteiger partial charge on any atom is -0.352 e. The van der Waals surface area contributed by atoms with Crippen LogP contribution in [0.3, 0.4) is 0 Å². The number of para-hydroxylation sites is 1. The number of nitrogens with zero attached hydrogens (tertiary/aromatic N) is 2. The molecule has 4 rings (SSSR count). The Morgan fingerprint density at radius 2 is 1.95 bits per heavy atom. The van der Waals surface area contributed by atoms with E-state index in [0.717, 1.165) is 17.6 Å². The molecule has 0 aliphatic rings. The second kappa shape index (κ2) is 4.57. The Kier molecular flexibility index (Phi) is 2.69. The number of hydrogen-bond donors (Lipinski definition) is 1. The van der Waals surface area contributed by atoms with Gasteiger partial charge in [0.25, 0.3) is 0 Å². The summed E-state index contributed by atoms with van der Waals surface area (Å²) in [4.78, 5) is 4.76. The van der Waals surface area contributed by atoms with Crippen molar-refractivity contribution in [2.24, 2.45) is 5.73 Å². The Bertz CT molecular complexity index is 966. The van der Waals surface area contributed by atoms with Crippen molar-refractivity contribution in [3.8, 4) is 0 Å². The Balaban J connectivity index is 2.13. The molecule has 2 aromatic heterocycles. The molecule has 0 aliphatic carbocycles. The van der Waals surface area contributed by atoms with Gasteiger partial charge < -0.3 is 10.3 Å². The first-order chi connectivity index (χ1) is 10.3. The van der Waals surface area contributed by atoms with Crippen LogP contribution in [0.4, 0.5) is 0 Å². The molecule has 104 valence electrons. The average molecular weight is 275 g/mol. The van der Waals surface area contributed by atoms with Crippen LogP contribution < -0.4 is 5.73 Å². The van der Waals surface area contributed by atoms with Gasteiger partial charge in [-0.25, -0.2) is 4.98 Å². The van der Waals surface area contributed by atoms with E-state index in [-0.39, 0.29) is 0 Å². The first kappa shape index (κ1) is 12.4. The van der Waals surface area contributed by atoms with Crippen LogP contribution in [-0.2, 0) is 6.54 Å². The third-order valence-corrected chi connectivity index (χ3v) is 4.18. The lowest BCUT2D eigenvalue weighted by Crippen LogP contribution is -2.09. The zero-order valence-corrected chi connectivity index (χ0v) is 12.0. The Morgan fingerprint density at radius 1 is 1.10 bits per heavy atom. The summed E-state index contributed by atoms with van der Waals surface area (Å²) in [6.45, 7) is 3.68. The monoisotopic (exact) mass is 275 g/mol. The van der Waals surface area contributed by atoms with E-state index < -0.39 is 0 Å². The summed E-state index contributed by atoms with van der Waals surface area (Å²) in [5.74, 6) is 0. The van der Waals surface area contributed by atoms with Crippen LogP contribution in [0.1, 0.15) is 5.56 Å². The highest BCUT2D eigenvalue weighted by atomic mass is 14.9. The standard InChI is InChI=1S/C18H17N3/c1-12-15-11-21(9-7-19)8-6-13(15)10-17-18(12)14-4-2-3-5-16(14)20-17/h2-6,8,10-11H,7,9,19H2,1H3. The smallest absolute Gasteiger partial charge is 0.0725 e. The van der Waals surface area contributed by atoms with Gasteiger partial charge >= 0.3 is 0 Å². The molecule has 2 N–H and O–H groups in total. The summed E-state index contributed by atoms with van der Waals surface area (Å²) in [6, 6.07) is 12.7.